The van der Waals surface area contributed by atoms with Crippen molar-refractivity contribution in [1.29, 1.82) is 0 Å². The van der Waals surface area contributed by atoms with E-state index in [2.05, 4.69) is 35.3 Å². The normalized spacial score (nSPS) is 21.2. The van der Waals surface area contributed by atoms with Gasteiger partial charge in [-0.25, -0.2) is 0 Å². The fourth-order valence-corrected chi connectivity index (χ4v) is 2.52. The van der Waals surface area contributed by atoms with Crippen LogP contribution in [0.2, 0.25) is 0 Å². The van der Waals surface area contributed by atoms with Crippen molar-refractivity contribution in [3.63, 3.8) is 0 Å². The summed E-state index contributed by atoms with van der Waals surface area (Å²) >= 11 is 0. The molecule has 0 aromatic heterocycles. The van der Waals surface area contributed by atoms with Gasteiger partial charge in [-0.2, -0.15) is 0 Å². The quantitative estimate of drug-likeness (QED) is 0.890. The van der Waals surface area contributed by atoms with Gasteiger partial charge in [0.1, 0.15) is 5.75 Å². The van der Waals surface area contributed by atoms with Gasteiger partial charge in [-0.1, -0.05) is 12.1 Å². The fourth-order valence-electron chi connectivity index (χ4n) is 2.52. The van der Waals surface area contributed by atoms with E-state index in [-0.39, 0.29) is 0 Å². The minimum Gasteiger partial charge on any atom is -0.492 e. The molecule has 1 unspecified atom stereocenters. The fraction of sp³-hybridized carbons (Fsp3) is 0.600. The minimum absolute atomic E-state index is 0.555. The maximum Gasteiger partial charge on any atom is 0.142 e. The smallest absolute Gasteiger partial charge is 0.142 e. The third-order valence-electron chi connectivity index (χ3n) is 3.50. The van der Waals surface area contributed by atoms with Crippen molar-refractivity contribution in [3.8, 4) is 5.75 Å². The van der Waals surface area contributed by atoms with Gasteiger partial charge in [0.05, 0.1) is 12.3 Å². The van der Waals surface area contributed by atoms with E-state index in [0.717, 1.165) is 32.0 Å². The highest BCUT2D eigenvalue weighted by Crippen LogP contribution is 2.30. The van der Waals surface area contributed by atoms with Crippen molar-refractivity contribution < 1.29 is 4.74 Å². The van der Waals surface area contributed by atoms with Gasteiger partial charge in [-0.3, -0.25) is 0 Å². The standard InChI is InChI=1S/C15H24N2O/c1-3-18-15-8-5-4-7-14(15)17-12-6-10-16-11-9-13(17)2/h4-5,7-8,13,16H,3,6,9-12H2,1-2H3. The van der Waals surface area contributed by atoms with Crippen LogP contribution in [0, 0.1) is 0 Å². The van der Waals surface area contributed by atoms with Gasteiger partial charge < -0.3 is 15.0 Å². The molecule has 0 saturated carbocycles. The number of hydrogen-bond donors (Lipinski definition) is 1. The summed E-state index contributed by atoms with van der Waals surface area (Å²) in [7, 11) is 0. The number of benzene rings is 1. The van der Waals surface area contributed by atoms with Crippen molar-refractivity contribution in [2.75, 3.05) is 31.1 Å². The Hall–Kier alpha value is -1.22. The summed E-state index contributed by atoms with van der Waals surface area (Å²) in [6.45, 7) is 8.38. The number of ether oxygens (including phenoxy) is 1. The van der Waals surface area contributed by atoms with Crippen LogP contribution in [0.3, 0.4) is 0 Å². The molecule has 100 valence electrons. The zero-order chi connectivity index (χ0) is 12.8. The lowest BCUT2D eigenvalue weighted by Gasteiger charge is -2.34. The second kappa shape index (κ2) is 6.64. The molecular formula is C15H24N2O. The molecule has 1 aromatic rings. The van der Waals surface area contributed by atoms with Crippen LogP contribution in [-0.2, 0) is 0 Å². The van der Waals surface area contributed by atoms with Crippen LogP contribution < -0.4 is 15.0 Å². The molecule has 1 heterocycles. The van der Waals surface area contributed by atoms with Gasteiger partial charge in [0.2, 0.25) is 0 Å². The highest BCUT2D eigenvalue weighted by molar-refractivity contribution is 5.59. The van der Waals surface area contributed by atoms with E-state index in [1.807, 2.05) is 13.0 Å². The summed E-state index contributed by atoms with van der Waals surface area (Å²) in [5.74, 6) is 1.01. The summed E-state index contributed by atoms with van der Waals surface area (Å²) in [6.07, 6.45) is 2.37. The number of anilines is 1. The Labute approximate surface area is 110 Å². The van der Waals surface area contributed by atoms with Crippen molar-refractivity contribution in [3.05, 3.63) is 24.3 Å². The van der Waals surface area contributed by atoms with Gasteiger partial charge in [-0.05, 0) is 51.9 Å². The average molecular weight is 248 g/mol. The number of nitrogens with zero attached hydrogens (tertiary/aromatic N) is 1. The molecule has 3 nitrogen and oxygen atoms in total. The lowest BCUT2D eigenvalue weighted by atomic mass is 10.1. The van der Waals surface area contributed by atoms with Crippen molar-refractivity contribution in [2.24, 2.45) is 0 Å². The predicted octanol–water partition coefficient (Wildman–Crippen LogP) is 2.66. The predicted molar refractivity (Wildman–Crippen MR) is 76.5 cm³/mol. The number of nitrogens with one attached hydrogen (secondary N) is 1. The molecule has 18 heavy (non-hydrogen) atoms. The Morgan fingerprint density at radius 2 is 2.17 bits per heavy atom. The Morgan fingerprint density at radius 1 is 1.33 bits per heavy atom. The number of hydrogen-bond acceptors (Lipinski definition) is 3. The van der Waals surface area contributed by atoms with Gasteiger partial charge in [0, 0.05) is 12.6 Å². The van der Waals surface area contributed by atoms with Gasteiger partial charge >= 0.3 is 0 Å². The summed E-state index contributed by atoms with van der Waals surface area (Å²) in [5, 5.41) is 3.47. The second-order valence-electron chi connectivity index (χ2n) is 4.84. The van der Waals surface area contributed by atoms with E-state index in [9.17, 15) is 0 Å². The van der Waals surface area contributed by atoms with Crippen molar-refractivity contribution >= 4 is 5.69 Å². The third-order valence-corrected chi connectivity index (χ3v) is 3.50. The Bertz CT molecular complexity index is 367. The highest BCUT2D eigenvalue weighted by atomic mass is 16.5. The minimum atomic E-state index is 0.555. The maximum absolute atomic E-state index is 5.75. The molecule has 0 amide bonds. The molecule has 1 aliphatic heterocycles. The molecule has 1 aliphatic rings. The van der Waals surface area contributed by atoms with Crippen LogP contribution in [0.5, 0.6) is 5.75 Å². The first-order valence-electron chi connectivity index (χ1n) is 7.02. The monoisotopic (exact) mass is 248 g/mol. The largest absolute Gasteiger partial charge is 0.492 e. The SMILES string of the molecule is CCOc1ccccc1N1CCCNCCC1C. The first-order valence-corrected chi connectivity index (χ1v) is 7.02. The first kappa shape index (κ1) is 13.2. The molecule has 1 atom stereocenters. The van der Waals surface area contributed by atoms with Crippen molar-refractivity contribution in [1.82, 2.24) is 5.32 Å². The van der Waals surface area contributed by atoms with Gasteiger partial charge in [0.15, 0.2) is 0 Å². The van der Waals surface area contributed by atoms with E-state index in [1.165, 1.54) is 18.5 Å². The van der Waals surface area contributed by atoms with E-state index in [4.69, 9.17) is 4.74 Å². The average Bonchev–Trinajstić information content (AvgIpc) is 2.36. The Morgan fingerprint density at radius 3 is 3.00 bits per heavy atom. The molecular weight excluding hydrogens is 224 g/mol. The molecule has 1 fully saturated rings. The van der Waals surface area contributed by atoms with Crippen LogP contribution in [0.1, 0.15) is 26.7 Å². The second-order valence-corrected chi connectivity index (χ2v) is 4.84. The van der Waals surface area contributed by atoms with Crippen LogP contribution in [0.15, 0.2) is 24.3 Å². The van der Waals surface area contributed by atoms with Crippen LogP contribution in [-0.4, -0.2) is 32.3 Å². The topological polar surface area (TPSA) is 24.5 Å². The van der Waals surface area contributed by atoms with Gasteiger partial charge in [-0.15, -0.1) is 0 Å². The van der Waals surface area contributed by atoms with E-state index in [0.29, 0.717) is 6.04 Å². The molecule has 3 heteroatoms. The maximum atomic E-state index is 5.75. The third kappa shape index (κ3) is 3.16. The molecule has 2 rings (SSSR count). The highest BCUT2D eigenvalue weighted by Gasteiger charge is 2.18. The van der Waals surface area contributed by atoms with E-state index < -0.39 is 0 Å². The number of para-hydroxylation sites is 2. The molecule has 1 aromatic carbocycles. The molecule has 0 radical (unpaired) electrons. The lowest BCUT2D eigenvalue weighted by Crippen LogP contribution is -2.40. The van der Waals surface area contributed by atoms with E-state index >= 15 is 0 Å². The first-order chi connectivity index (χ1) is 8.83. The zero-order valence-electron chi connectivity index (χ0n) is 11.5. The molecule has 1 N–H and O–H groups in total. The summed E-state index contributed by atoms with van der Waals surface area (Å²) in [6, 6.07) is 8.95. The van der Waals surface area contributed by atoms with Crippen molar-refractivity contribution in [2.45, 2.75) is 32.7 Å². The summed E-state index contributed by atoms with van der Waals surface area (Å²) in [4.78, 5) is 2.49. The van der Waals surface area contributed by atoms with Crippen LogP contribution in [0.4, 0.5) is 5.69 Å². The molecule has 0 bridgehead atoms. The molecule has 0 spiro atoms. The Balaban J connectivity index is 2.21. The number of rotatable bonds is 3. The Kier molecular flexibility index (Phi) is 4.88. The molecule has 1 saturated heterocycles. The van der Waals surface area contributed by atoms with Crippen LogP contribution >= 0.6 is 0 Å². The lowest BCUT2D eigenvalue weighted by molar-refractivity contribution is 0.339. The van der Waals surface area contributed by atoms with E-state index in [1.54, 1.807) is 0 Å². The zero-order valence-corrected chi connectivity index (χ0v) is 11.5. The van der Waals surface area contributed by atoms with Crippen LogP contribution in [0.25, 0.3) is 0 Å². The summed E-state index contributed by atoms with van der Waals surface area (Å²) < 4.78 is 5.75. The van der Waals surface area contributed by atoms with Gasteiger partial charge in [0.25, 0.3) is 0 Å². The molecule has 0 aliphatic carbocycles. The summed E-state index contributed by atoms with van der Waals surface area (Å²) in [5.41, 5.74) is 1.24.